The largest absolute Gasteiger partial charge is 0.494 e. The molecule has 0 aromatic heterocycles. The highest BCUT2D eigenvalue weighted by Crippen LogP contribution is 2.17. The quantitative estimate of drug-likeness (QED) is 0.422. The third kappa shape index (κ3) is 5.99. The summed E-state index contributed by atoms with van der Waals surface area (Å²) >= 11 is 0. The molecule has 0 unspecified atom stereocenters. The molecule has 0 saturated heterocycles. The molecule has 0 fully saturated rings. The Morgan fingerprint density at radius 1 is 1.04 bits per heavy atom. The van der Waals surface area contributed by atoms with Gasteiger partial charge in [-0.25, -0.2) is 4.39 Å². The van der Waals surface area contributed by atoms with Crippen LogP contribution in [0.2, 0.25) is 0 Å². The fraction of sp³-hybridized carbons (Fsp3) is 0.278. The maximum atomic E-state index is 13.7. The van der Waals surface area contributed by atoms with E-state index in [2.05, 4.69) is 46.8 Å². The van der Waals surface area contributed by atoms with Crippen molar-refractivity contribution in [3.8, 4) is 5.75 Å². The molecule has 0 aliphatic carbocycles. The minimum Gasteiger partial charge on any atom is -0.494 e. The number of hydrogen-bond acceptors (Lipinski definition) is 2. The second-order valence-electron chi connectivity index (χ2n) is 5.23. The lowest BCUT2D eigenvalue weighted by Gasteiger charge is -2.12. The number of rotatable bonds is 5. The summed E-state index contributed by atoms with van der Waals surface area (Å²) in [6.45, 7) is 3.22. The fourth-order valence-electron chi connectivity index (χ4n) is 2.12. The molecule has 2 aromatic carbocycles. The summed E-state index contributed by atoms with van der Waals surface area (Å²) in [5.74, 6) is 0.548. The molecule has 0 heterocycles. The van der Waals surface area contributed by atoms with Crippen molar-refractivity contribution in [2.75, 3.05) is 14.2 Å². The van der Waals surface area contributed by atoms with Crippen LogP contribution in [0.5, 0.6) is 5.75 Å². The zero-order valence-electron chi connectivity index (χ0n) is 14.1. The van der Waals surface area contributed by atoms with Crippen LogP contribution in [0.15, 0.2) is 47.5 Å². The topological polar surface area (TPSA) is 45.7 Å². The van der Waals surface area contributed by atoms with Gasteiger partial charge in [0.15, 0.2) is 17.5 Å². The predicted molar refractivity (Wildman–Crippen MR) is 107 cm³/mol. The van der Waals surface area contributed by atoms with E-state index in [1.807, 2.05) is 6.07 Å². The molecule has 2 N–H and O–H groups in total. The van der Waals surface area contributed by atoms with Crippen LogP contribution in [0, 0.1) is 12.7 Å². The van der Waals surface area contributed by atoms with Crippen LogP contribution in [-0.2, 0) is 13.1 Å². The van der Waals surface area contributed by atoms with Crippen LogP contribution < -0.4 is 15.4 Å². The summed E-state index contributed by atoms with van der Waals surface area (Å²) in [7, 11) is 3.16. The van der Waals surface area contributed by atoms with Crippen LogP contribution in [-0.4, -0.2) is 20.1 Å². The normalized spacial score (nSPS) is 10.8. The number of aliphatic imine (C=N–C) groups is 1. The van der Waals surface area contributed by atoms with Gasteiger partial charge in [-0.15, -0.1) is 24.0 Å². The van der Waals surface area contributed by atoms with Crippen molar-refractivity contribution in [2.45, 2.75) is 20.0 Å². The van der Waals surface area contributed by atoms with Gasteiger partial charge in [0, 0.05) is 20.1 Å². The molecule has 0 spiro atoms. The minimum absolute atomic E-state index is 0. The van der Waals surface area contributed by atoms with E-state index in [1.165, 1.54) is 24.3 Å². The lowest BCUT2D eigenvalue weighted by atomic mass is 10.1. The van der Waals surface area contributed by atoms with Crippen LogP contribution in [0.4, 0.5) is 4.39 Å². The maximum absolute atomic E-state index is 13.7. The highest BCUT2D eigenvalue weighted by molar-refractivity contribution is 14.0. The number of halogens is 2. The molecule has 0 atom stereocenters. The van der Waals surface area contributed by atoms with Gasteiger partial charge in [-0.3, -0.25) is 4.99 Å². The molecule has 2 rings (SSSR count). The van der Waals surface area contributed by atoms with E-state index in [4.69, 9.17) is 4.74 Å². The van der Waals surface area contributed by atoms with Crippen LogP contribution in [0.25, 0.3) is 0 Å². The second-order valence-corrected chi connectivity index (χ2v) is 5.23. The first kappa shape index (κ1) is 20.2. The van der Waals surface area contributed by atoms with E-state index in [-0.39, 0.29) is 35.5 Å². The second kappa shape index (κ2) is 10.1. The van der Waals surface area contributed by atoms with Crippen molar-refractivity contribution in [1.29, 1.82) is 0 Å². The molecule has 4 nitrogen and oxygen atoms in total. The Morgan fingerprint density at radius 3 is 2.17 bits per heavy atom. The van der Waals surface area contributed by atoms with Gasteiger partial charge in [0.1, 0.15) is 0 Å². The minimum atomic E-state index is -0.366. The Bertz CT molecular complexity index is 674. The maximum Gasteiger partial charge on any atom is 0.191 e. The van der Waals surface area contributed by atoms with Crippen molar-refractivity contribution in [3.63, 3.8) is 0 Å². The lowest BCUT2D eigenvalue weighted by Crippen LogP contribution is -2.36. The molecular formula is C18H23FIN3O. The molecule has 0 bridgehead atoms. The summed E-state index contributed by atoms with van der Waals surface area (Å²) in [5.41, 5.74) is 3.23. The van der Waals surface area contributed by atoms with Gasteiger partial charge in [-0.1, -0.05) is 35.9 Å². The Balaban J connectivity index is 0.00000288. The van der Waals surface area contributed by atoms with Crippen molar-refractivity contribution in [3.05, 3.63) is 65.0 Å². The molecule has 130 valence electrons. The van der Waals surface area contributed by atoms with E-state index in [1.54, 1.807) is 13.1 Å². The molecule has 2 aromatic rings. The average Bonchev–Trinajstić information content (AvgIpc) is 2.56. The predicted octanol–water partition coefficient (Wildman–Crippen LogP) is 3.63. The summed E-state index contributed by atoms with van der Waals surface area (Å²) in [6, 6.07) is 13.2. The van der Waals surface area contributed by atoms with Gasteiger partial charge in [0.25, 0.3) is 0 Å². The Morgan fingerprint density at radius 2 is 1.62 bits per heavy atom. The highest BCUT2D eigenvalue weighted by atomic mass is 127. The Hall–Kier alpha value is -1.83. The number of guanidine groups is 1. The number of aryl methyl sites for hydroxylation is 1. The molecule has 24 heavy (non-hydrogen) atoms. The number of methoxy groups -OCH3 is 1. The molecule has 0 amide bonds. The van der Waals surface area contributed by atoms with Gasteiger partial charge in [-0.05, 0) is 30.2 Å². The SMILES string of the molecule is CN=C(NCc1ccc(C)cc1)NCc1ccc(OC)c(F)c1.I. The van der Waals surface area contributed by atoms with E-state index in [9.17, 15) is 4.39 Å². The summed E-state index contributed by atoms with van der Waals surface area (Å²) in [5, 5.41) is 6.40. The van der Waals surface area contributed by atoms with Gasteiger partial charge >= 0.3 is 0 Å². The first-order valence-electron chi connectivity index (χ1n) is 7.45. The Kier molecular flexibility index (Phi) is 8.53. The molecular weight excluding hydrogens is 420 g/mol. The Labute approximate surface area is 159 Å². The third-order valence-corrected chi connectivity index (χ3v) is 3.48. The van der Waals surface area contributed by atoms with Crippen LogP contribution in [0.1, 0.15) is 16.7 Å². The van der Waals surface area contributed by atoms with Crippen molar-refractivity contribution in [2.24, 2.45) is 4.99 Å². The monoisotopic (exact) mass is 443 g/mol. The number of benzene rings is 2. The van der Waals surface area contributed by atoms with Crippen molar-refractivity contribution < 1.29 is 9.13 Å². The van der Waals surface area contributed by atoms with Gasteiger partial charge in [-0.2, -0.15) is 0 Å². The number of hydrogen-bond donors (Lipinski definition) is 2. The van der Waals surface area contributed by atoms with Gasteiger partial charge in [0.05, 0.1) is 7.11 Å². The number of nitrogens with one attached hydrogen (secondary N) is 2. The first-order chi connectivity index (χ1) is 11.1. The molecule has 0 aliphatic heterocycles. The smallest absolute Gasteiger partial charge is 0.191 e. The summed E-state index contributed by atoms with van der Waals surface area (Å²) in [6.07, 6.45) is 0. The average molecular weight is 443 g/mol. The molecule has 0 saturated carbocycles. The molecule has 6 heteroatoms. The summed E-state index contributed by atoms with van der Waals surface area (Å²) < 4.78 is 18.6. The zero-order chi connectivity index (χ0) is 16.7. The molecule has 0 aliphatic rings. The highest BCUT2D eigenvalue weighted by Gasteiger charge is 2.04. The van der Waals surface area contributed by atoms with Gasteiger partial charge < -0.3 is 15.4 Å². The molecule has 0 radical (unpaired) electrons. The number of nitrogens with zero attached hydrogens (tertiary/aromatic N) is 1. The van der Waals surface area contributed by atoms with Crippen LogP contribution >= 0.6 is 24.0 Å². The van der Waals surface area contributed by atoms with Crippen molar-refractivity contribution >= 4 is 29.9 Å². The lowest BCUT2D eigenvalue weighted by molar-refractivity contribution is 0.386. The van der Waals surface area contributed by atoms with E-state index < -0.39 is 0 Å². The van der Waals surface area contributed by atoms with Crippen molar-refractivity contribution in [1.82, 2.24) is 10.6 Å². The van der Waals surface area contributed by atoms with Crippen LogP contribution in [0.3, 0.4) is 0 Å². The first-order valence-corrected chi connectivity index (χ1v) is 7.45. The third-order valence-electron chi connectivity index (χ3n) is 3.48. The number of ether oxygens (including phenoxy) is 1. The van der Waals surface area contributed by atoms with E-state index >= 15 is 0 Å². The standard InChI is InChI=1S/C18H22FN3O.HI/c1-13-4-6-14(7-5-13)11-21-18(20-2)22-12-15-8-9-17(23-3)16(19)10-15;/h4-10H,11-12H2,1-3H3,(H2,20,21,22);1H. The zero-order valence-corrected chi connectivity index (χ0v) is 16.4. The van der Waals surface area contributed by atoms with E-state index in [0.29, 0.717) is 19.0 Å². The fourth-order valence-corrected chi connectivity index (χ4v) is 2.12. The summed E-state index contributed by atoms with van der Waals surface area (Å²) in [4.78, 5) is 4.17. The van der Waals surface area contributed by atoms with E-state index in [0.717, 1.165) is 5.56 Å². The van der Waals surface area contributed by atoms with Gasteiger partial charge in [0.2, 0.25) is 0 Å².